The fraction of sp³-hybridized carbons (Fsp3) is 0.333. The molecule has 0 bridgehead atoms. The second-order valence-corrected chi connectivity index (χ2v) is 5.82. The highest BCUT2D eigenvalue weighted by Gasteiger charge is 2.50. The summed E-state index contributed by atoms with van der Waals surface area (Å²) in [6.45, 7) is 4.03. The zero-order valence-electron chi connectivity index (χ0n) is 11.5. The van der Waals surface area contributed by atoms with Crippen LogP contribution in [0.15, 0.2) is 54.6 Å². The summed E-state index contributed by atoms with van der Waals surface area (Å²) >= 11 is 0. The van der Waals surface area contributed by atoms with E-state index < -0.39 is 5.60 Å². The van der Waals surface area contributed by atoms with Crippen molar-refractivity contribution in [2.75, 3.05) is 0 Å². The summed E-state index contributed by atoms with van der Waals surface area (Å²) in [7, 11) is 0. The highest BCUT2D eigenvalue weighted by molar-refractivity contribution is 5.36. The zero-order valence-corrected chi connectivity index (χ0v) is 11.5. The SMILES string of the molecule is Cc1ccccc1C(C)(O)C1CC1c1ccccc1. The van der Waals surface area contributed by atoms with Crippen molar-refractivity contribution in [3.8, 4) is 0 Å². The summed E-state index contributed by atoms with van der Waals surface area (Å²) in [6, 6.07) is 18.7. The third kappa shape index (κ3) is 2.19. The standard InChI is InChI=1S/C18H20O/c1-13-8-6-7-11-16(13)18(2,19)17-12-15(17)14-9-4-3-5-10-14/h3-11,15,17,19H,12H2,1-2H3. The molecule has 98 valence electrons. The Balaban J connectivity index is 1.86. The van der Waals surface area contributed by atoms with Crippen LogP contribution in [0.25, 0.3) is 0 Å². The van der Waals surface area contributed by atoms with Crippen molar-refractivity contribution in [3.05, 3.63) is 71.3 Å². The van der Waals surface area contributed by atoms with Gasteiger partial charge in [-0.05, 0) is 48.8 Å². The maximum absolute atomic E-state index is 10.9. The first kappa shape index (κ1) is 12.4. The molecule has 0 radical (unpaired) electrons. The van der Waals surface area contributed by atoms with E-state index in [1.54, 1.807) is 0 Å². The molecule has 0 aromatic heterocycles. The maximum Gasteiger partial charge on any atom is 0.0905 e. The number of hydrogen-bond donors (Lipinski definition) is 1. The molecule has 1 saturated carbocycles. The number of rotatable bonds is 3. The zero-order chi connectivity index (χ0) is 13.5. The van der Waals surface area contributed by atoms with Gasteiger partial charge in [0.1, 0.15) is 0 Å². The summed E-state index contributed by atoms with van der Waals surface area (Å²) in [5, 5.41) is 10.9. The Hall–Kier alpha value is -1.60. The van der Waals surface area contributed by atoms with E-state index in [-0.39, 0.29) is 0 Å². The normalized spacial score (nSPS) is 24.8. The molecular weight excluding hydrogens is 232 g/mol. The van der Waals surface area contributed by atoms with Gasteiger partial charge in [0.05, 0.1) is 5.60 Å². The molecule has 19 heavy (non-hydrogen) atoms. The van der Waals surface area contributed by atoms with Crippen LogP contribution in [-0.2, 0) is 5.60 Å². The topological polar surface area (TPSA) is 20.2 Å². The van der Waals surface area contributed by atoms with Crippen molar-refractivity contribution >= 4 is 0 Å². The van der Waals surface area contributed by atoms with Crippen LogP contribution in [0.3, 0.4) is 0 Å². The van der Waals surface area contributed by atoms with Crippen molar-refractivity contribution in [3.63, 3.8) is 0 Å². The molecule has 0 spiro atoms. The van der Waals surface area contributed by atoms with Crippen molar-refractivity contribution in [1.29, 1.82) is 0 Å². The predicted octanol–water partition coefficient (Wildman–Crippen LogP) is 4.01. The third-order valence-electron chi connectivity index (χ3n) is 4.43. The van der Waals surface area contributed by atoms with Crippen LogP contribution in [-0.4, -0.2) is 5.11 Å². The number of benzene rings is 2. The van der Waals surface area contributed by atoms with Crippen LogP contribution < -0.4 is 0 Å². The molecular formula is C18H20O. The van der Waals surface area contributed by atoms with Crippen molar-refractivity contribution in [1.82, 2.24) is 0 Å². The van der Waals surface area contributed by atoms with Gasteiger partial charge in [-0.3, -0.25) is 0 Å². The summed E-state index contributed by atoms with van der Waals surface area (Å²) in [6.07, 6.45) is 1.07. The molecule has 2 aromatic rings. The molecule has 0 amide bonds. The summed E-state index contributed by atoms with van der Waals surface area (Å²) in [4.78, 5) is 0. The third-order valence-corrected chi connectivity index (χ3v) is 4.43. The van der Waals surface area contributed by atoms with Gasteiger partial charge >= 0.3 is 0 Å². The molecule has 3 atom stereocenters. The minimum Gasteiger partial charge on any atom is -0.385 e. The first-order chi connectivity index (χ1) is 9.10. The number of hydrogen-bond acceptors (Lipinski definition) is 1. The van der Waals surface area contributed by atoms with E-state index in [4.69, 9.17) is 0 Å². The lowest BCUT2D eigenvalue weighted by Crippen LogP contribution is -2.25. The van der Waals surface area contributed by atoms with E-state index in [1.165, 1.54) is 11.1 Å². The van der Waals surface area contributed by atoms with Crippen molar-refractivity contribution in [2.24, 2.45) is 5.92 Å². The van der Waals surface area contributed by atoms with Crippen molar-refractivity contribution < 1.29 is 5.11 Å². The Labute approximate surface area is 114 Å². The second kappa shape index (κ2) is 4.50. The van der Waals surface area contributed by atoms with E-state index >= 15 is 0 Å². The Morgan fingerprint density at radius 2 is 1.63 bits per heavy atom. The van der Waals surface area contributed by atoms with Gasteiger partial charge in [0.15, 0.2) is 0 Å². The molecule has 1 aliphatic rings. The first-order valence-electron chi connectivity index (χ1n) is 6.94. The van der Waals surface area contributed by atoms with E-state index in [0.29, 0.717) is 11.8 Å². The van der Waals surface area contributed by atoms with E-state index in [1.807, 2.05) is 25.1 Å². The molecule has 1 N–H and O–H groups in total. The van der Waals surface area contributed by atoms with Gasteiger partial charge in [0.2, 0.25) is 0 Å². The summed E-state index contributed by atoms with van der Waals surface area (Å²) in [5.41, 5.74) is 2.86. The van der Waals surface area contributed by atoms with Gasteiger partial charge in [-0.15, -0.1) is 0 Å². The summed E-state index contributed by atoms with van der Waals surface area (Å²) in [5.74, 6) is 0.826. The molecule has 2 aromatic carbocycles. The smallest absolute Gasteiger partial charge is 0.0905 e. The fourth-order valence-electron chi connectivity index (χ4n) is 3.23. The molecule has 0 saturated heterocycles. The largest absolute Gasteiger partial charge is 0.385 e. The predicted molar refractivity (Wildman–Crippen MR) is 78.0 cm³/mol. The summed E-state index contributed by atoms with van der Waals surface area (Å²) < 4.78 is 0. The number of aryl methyl sites for hydroxylation is 1. The molecule has 3 unspecified atom stereocenters. The lowest BCUT2D eigenvalue weighted by Gasteiger charge is -2.26. The van der Waals surface area contributed by atoms with E-state index in [2.05, 4.69) is 43.3 Å². The lowest BCUT2D eigenvalue weighted by molar-refractivity contribution is 0.0303. The number of aliphatic hydroxyl groups is 1. The van der Waals surface area contributed by atoms with Gasteiger partial charge in [0.25, 0.3) is 0 Å². The van der Waals surface area contributed by atoms with Crippen LogP contribution in [0, 0.1) is 12.8 Å². The molecule has 0 heterocycles. The van der Waals surface area contributed by atoms with Crippen LogP contribution in [0.1, 0.15) is 36.0 Å². The Morgan fingerprint density at radius 1 is 1.00 bits per heavy atom. The Kier molecular flexibility index (Phi) is 2.94. The van der Waals surface area contributed by atoms with Crippen LogP contribution in [0.5, 0.6) is 0 Å². The average Bonchev–Trinajstić information content (AvgIpc) is 3.21. The average molecular weight is 252 g/mol. The van der Waals surface area contributed by atoms with Crippen LogP contribution >= 0.6 is 0 Å². The maximum atomic E-state index is 10.9. The molecule has 3 rings (SSSR count). The van der Waals surface area contributed by atoms with Gasteiger partial charge in [0, 0.05) is 0 Å². The highest BCUT2D eigenvalue weighted by atomic mass is 16.3. The minimum atomic E-state index is -0.730. The first-order valence-corrected chi connectivity index (χ1v) is 6.94. The highest BCUT2D eigenvalue weighted by Crippen LogP contribution is 2.56. The molecule has 0 aliphatic heterocycles. The van der Waals surface area contributed by atoms with E-state index in [9.17, 15) is 5.11 Å². The second-order valence-electron chi connectivity index (χ2n) is 5.82. The van der Waals surface area contributed by atoms with Gasteiger partial charge < -0.3 is 5.11 Å². The Morgan fingerprint density at radius 3 is 2.32 bits per heavy atom. The lowest BCUT2D eigenvalue weighted by atomic mass is 9.86. The monoisotopic (exact) mass is 252 g/mol. The van der Waals surface area contributed by atoms with Gasteiger partial charge in [-0.2, -0.15) is 0 Å². The molecule has 1 aliphatic carbocycles. The minimum absolute atomic E-state index is 0.330. The van der Waals surface area contributed by atoms with Gasteiger partial charge in [-0.1, -0.05) is 54.6 Å². The fourth-order valence-corrected chi connectivity index (χ4v) is 3.23. The van der Waals surface area contributed by atoms with Crippen LogP contribution in [0.4, 0.5) is 0 Å². The molecule has 1 heteroatoms. The van der Waals surface area contributed by atoms with E-state index in [0.717, 1.165) is 12.0 Å². The molecule has 1 nitrogen and oxygen atoms in total. The quantitative estimate of drug-likeness (QED) is 0.875. The van der Waals surface area contributed by atoms with Gasteiger partial charge in [-0.25, -0.2) is 0 Å². The Bertz CT molecular complexity index is 571. The van der Waals surface area contributed by atoms with Crippen molar-refractivity contribution in [2.45, 2.75) is 31.8 Å². The molecule has 1 fully saturated rings. The van der Waals surface area contributed by atoms with Crippen LogP contribution in [0.2, 0.25) is 0 Å².